The molecule has 132 valence electrons. The van der Waals surface area contributed by atoms with Gasteiger partial charge >= 0.3 is 0 Å². The average Bonchev–Trinajstić information content (AvgIpc) is 3.25. The minimum absolute atomic E-state index is 0.0206. The van der Waals surface area contributed by atoms with E-state index in [0.717, 1.165) is 43.9 Å². The van der Waals surface area contributed by atoms with Gasteiger partial charge in [-0.15, -0.1) is 22.7 Å². The minimum Gasteiger partial charge on any atom is -0.330 e. The molecular weight excluding hydrogens is 350 g/mol. The summed E-state index contributed by atoms with van der Waals surface area (Å²) >= 11 is 3.37. The summed E-state index contributed by atoms with van der Waals surface area (Å²) < 4.78 is 0. The lowest BCUT2D eigenvalue weighted by Gasteiger charge is -2.16. The zero-order chi connectivity index (χ0) is 17.6. The van der Waals surface area contributed by atoms with Gasteiger partial charge in [0.15, 0.2) is 0 Å². The first-order valence-corrected chi connectivity index (χ1v) is 10.6. The van der Waals surface area contributed by atoms with E-state index in [1.807, 2.05) is 0 Å². The molecule has 1 amide bonds. The van der Waals surface area contributed by atoms with E-state index in [1.165, 1.54) is 26.6 Å². The van der Waals surface area contributed by atoms with Gasteiger partial charge in [0.1, 0.15) is 17.6 Å². The number of rotatable bonds is 7. The normalized spacial score (nSPS) is 14.6. The lowest BCUT2D eigenvalue weighted by atomic mass is 9.96. The molecule has 1 unspecified atom stereocenters. The molecule has 0 aromatic carbocycles. The highest BCUT2D eigenvalue weighted by Gasteiger charge is 2.22. The molecule has 2 N–H and O–H groups in total. The fourth-order valence-electron chi connectivity index (χ4n) is 3.30. The van der Waals surface area contributed by atoms with E-state index in [9.17, 15) is 10.1 Å². The molecule has 0 fully saturated rings. The van der Waals surface area contributed by atoms with Gasteiger partial charge in [-0.2, -0.15) is 5.26 Å². The summed E-state index contributed by atoms with van der Waals surface area (Å²) in [5, 5.41) is 15.3. The van der Waals surface area contributed by atoms with E-state index in [0.29, 0.717) is 12.0 Å². The van der Waals surface area contributed by atoms with Crippen LogP contribution in [0.2, 0.25) is 0 Å². The van der Waals surface area contributed by atoms with Crippen molar-refractivity contribution >= 4 is 33.6 Å². The second kappa shape index (κ2) is 8.61. The summed E-state index contributed by atoms with van der Waals surface area (Å²) in [5.74, 6) is 0.0206. The maximum atomic E-state index is 12.4. The quantitative estimate of drug-likeness (QED) is 0.783. The summed E-state index contributed by atoms with van der Waals surface area (Å²) in [7, 11) is 0. The van der Waals surface area contributed by atoms with Crippen LogP contribution < -0.4 is 10.2 Å². The number of anilines is 1. The maximum absolute atomic E-state index is 12.4. The molecule has 2 aromatic rings. The Morgan fingerprint density at radius 1 is 1.40 bits per heavy atom. The Kier molecular flexibility index (Phi) is 6.24. The second-order valence-corrected chi connectivity index (χ2v) is 8.57. The third-order valence-corrected chi connectivity index (χ3v) is 6.83. The fraction of sp³-hybridized carbons (Fsp3) is 0.474. The summed E-state index contributed by atoms with van der Waals surface area (Å²) in [5.41, 5.74) is 1.87. The summed E-state index contributed by atoms with van der Waals surface area (Å²) in [6.45, 7) is 4.94. The Hall–Kier alpha value is -1.68. The number of aryl methyl sites for hydroxylation is 1. The third-order valence-electron chi connectivity index (χ3n) is 4.75. The van der Waals surface area contributed by atoms with E-state index in [2.05, 4.69) is 35.8 Å². The topological polar surface area (TPSA) is 57.3 Å². The fourth-order valence-corrected chi connectivity index (χ4v) is 5.33. The predicted octanol–water partition coefficient (Wildman–Crippen LogP) is 2.99. The zero-order valence-corrected chi connectivity index (χ0v) is 16.2. The number of quaternary nitrogens is 1. The zero-order valence-electron chi connectivity index (χ0n) is 14.6. The highest BCUT2D eigenvalue weighted by Crippen LogP contribution is 2.37. The Morgan fingerprint density at radius 2 is 2.24 bits per heavy atom. The van der Waals surface area contributed by atoms with Gasteiger partial charge in [-0.3, -0.25) is 4.79 Å². The minimum atomic E-state index is 0.0206. The average molecular weight is 375 g/mol. The monoisotopic (exact) mass is 374 g/mol. The second-order valence-electron chi connectivity index (χ2n) is 6.43. The number of hydrogen-bond acceptors (Lipinski definition) is 4. The number of fused-ring (bicyclic) bond motifs is 1. The van der Waals surface area contributed by atoms with Gasteiger partial charge in [0.05, 0.1) is 30.0 Å². The van der Waals surface area contributed by atoms with Crippen LogP contribution in [0.15, 0.2) is 17.5 Å². The van der Waals surface area contributed by atoms with E-state index in [1.54, 1.807) is 22.7 Å². The Labute approximate surface area is 157 Å². The first-order chi connectivity index (χ1) is 12.2. The molecule has 4 nitrogen and oxygen atoms in total. The van der Waals surface area contributed by atoms with Crippen LogP contribution in [0.4, 0.5) is 5.00 Å². The van der Waals surface area contributed by atoms with Crippen LogP contribution in [0, 0.1) is 11.3 Å². The molecule has 0 saturated carbocycles. The van der Waals surface area contributed by atoms with E-state index >= 15 is 0 Å². The third kappa shape index (κ3) is 4.49. The summed E-state index contributed by atoms with van der Waals surface area (Å²) in [6.07, 6.45) is 4.83. The molecule has 1 aliphatic rings. The number of hydrogen-bond donors (Lipinski definition) is 2. The molecule has 0 bridgehead atoms. The molecule has 3 rings (SSSR count). The molecule has 0 radical (unpaired) electrons. The van der Waals surface area contributed by atoms with Crippen molar-refractivity contribution in [1.82, 2.24) is 0 Å². The molecule has 2 heterocycles. The van der Waals surface area contributed by atoms with Crippen molar-refractivity contribution in [2.24, 2.45) is 0 Å². The van der Waals surface area contributed by atoms with Crippen molar-refractivity contribution in [2.75, 3.05) is 18.4 Å². The van der Waals surface area contributed by atoms with Crippen LogP contribution >= 0.6 is 22.7 Å². The molecule has 0 aliphatic heterocycles. The maximum Gasteiger partial charge on any atom is 0.230 e. The first kappa shape index (κ1) is 18.1. The van der Waals surface area contributed by atoms with Crippen LogP contribution in [0.5, 0.6) is 0 Å². The number of nitriles is 1. The number of amides is 1. The molecule has 0 spiro atoms. The molecular formula is C19H24N3OS2+. The van der Waals surface area contributed by atoms with E-state index in [-0.39, 0.29) is 5.91 Å². The Balaban J connectivity index is 1.57. The molecule has 6 heteroatoms. The summed E-state index contributed by atoms with van der Waals surface area (Å²) in [4.78, 5) is 16.4. The van der Waals surface area contributed by atoms with Gasteiger partial charge in [-0.1, -0.05) is 6.07 Å². The van der Waals surface area contributed by atoms with Crippen LogP contribution in [-0.2, 0) is 24.2 Å². The Morgan fingerprint density at radius 3 is 2.96 bits per heavy atom. The predicted molar refractivity (Wildman–Crippen MR) is 103 cm³/mol. The lowest BCUT2D eigenvalue weighted by molar-refractivity contribution is -0.911. The van der Waals surface area contributed by atoms with Gasteiger partial charge < -0.3 is 10.2 Å². The van der Waals surface area contributed by atoms with Gasteiger partial charge in [0.2, 0.25) is 5.91 Å². The van der Waals surface area contributed by atoms with Crippen molar-refractivity contribution in [2.45, 2.75) is 45.6 Å². The van der Waals surface area contributed by atoms with Gasteiger partial charge in [0, 0.05) is 4.88 Å². The van der Waals surface area contributed by atoms with Crippen LogP contribution in [0.25, 0.3) is 0 Å². The molecule has 25 heavy (non-hydrogen) atoms. The van der Waals surface area contributed by atoms with Crippen molar-refractivity contribution in [3.05, 3.63) is 38.4 Å². The highest BCUT2D eigenvalue weighted by atomic mass is 32.1. The number of thiophene rings is 2. The number of carbonyl (C=O) groups excluding carboxylic acids is 1. The first-order valence-electron chi connectivity index (χ1n) is 8.91. The number of nitrogens with zero attached hydrogens (tertiary/aromatic N) is 1. The molecule has 0 saturated heterocycles. The van der Waals surface area contributed by atoms with Crippen LogP contribution in [-0.4, -0.2) is 19.0 Å². The van der Waals surface area contributed by atoms with Crippen LogP contribution in [0.3, 0.4) is 0 Å². The van der Waals surface area contributed by atoms with Crippen molar-refractivity contribution in [3.63, 3.8) is 0 Å². The largest absolute Gasteiger partial charge is 0.330 e. The SMILES string of the molecule is CC[NH+](CCC(=O)Nc1sc2c(c1C#N)CCCC2)Cc1cccs1. The van der Waals surface area contributed by atoms with Gasteiger partial charge in [-0.05, 0) is 49.6 Å². The van der Waals surface area contributed by atoms with Crippen molar-refractivity contribution < 1.29 is 9.69 Å². The molecule has 2 aromatic heterocycles. The van der Waals surface area contributed by atoms with Crippen LogP contribution in [0.1, 0.15) is 47.1 Å². The Bertz CT molecular complexity index is 758. The smallest absolute Gasteiger partial charge is 0.230 e. The molecule has 1 aliphatic carbocycles. The standard InChI is InChI=1S/C19H23N3OS2/c1-2-22(13-14-6-5-11-24-14)10-9-18(23)21-19-16(12-20)15-7-3-4-8-17(15)25-19/h5-6,11H,2-4,7-10,13H2,1H3,(H,21,23)/p+1. The van der Waals surface area contributed by atoms with Crippen molar-refractivity contribution in [3.8, 4) is 6.07 Å². The van der Waals surface area contributed by atoms with Crippen molar-refractivity contribution in [1.29, 1.82) is 5.26 Å². The number of nitrogens with one attached hydrogen (secondary N) is 2. The molecule has 1 atom stereocenters. The van der Waals surface area contributed by atoms with Gasteiger partial charge in [-0.25, -0.2) is 0 Å². The van der Waals surface area contributed by atoms with Gasteiger partial charge in [0.25, 0.3) is 0 Å². The number of carbonyl (C=O) groups is 1. The lowest BCUT2D eigenvalue weighted by Crippen LogP contribution is -3.10. The van der Waals surface area contributed by atoms with E-state index in [4.69, 9.17) is 0 Å². The highest BCUT2D eigenvalue weighted by molar-refractivity contribution is 7.16. The summed E-state index contributed by atoms with van der Waals surface area (Å²) in [6, 6.07) is 6.53. The van der Waals surface area contributed by atoms with E-state index < -0.39 is 0 Å².